The minimum absolute atomic E-state index is 0.153. The van der Waals surface area contributed by atoms with Crippen molar-refractivity contribution in [3.63, 3.8) is 0 Å². The van der Waals surface area contributed by atoms with Crippen molar-refractivity contribution in [3.05, 3.63) is 11.5 Å². The van der Waals surface area contributed by atoms with Gasteiger partial charge in [0.05, 0.1) is 12.8 Å². The zero-order valence-electron chi connectivity index (χ0n) is 11.2. The fourth-order valence-corrected chi connectivity index (χ4v) is 2.95. The Labute approximate surface area is 122 Å². The van der Waals surface area contributed by atoms with Crippen LogP contribution in [0.25, 0.3) is 0 Å². The Balaban J connectivity index is 1.94. The summed E-state index contributed by atoms with van der Waals surface area (Å²) in [5, 5.41) is 0.153. The van der Waals surface area contributed by atoms with E-state index in [0.29, 0.717) is 18.2 Å². The summed E-state index contributed by atoms with van der Waals surface area (Å²) in [4.78, 5) is 22.1. The molecular formula is C13H16ClN3O3. The van der Waals surface area contributed by atoms with E-state index < -0.39 is 12.2 Å². The van der Waals surface area contributed by atoms with Gasteiger partial charge in [-0.2, -0.15) is 4.98 Å². The topological polar surface area (TPSA) is 64.5 Å². The van der Waals surface area contributed by atoms with Crippen molar-refractivity contribution in [2.45, 2.75) is 44.9 Å². The highest BCUT2D eigenvalue weighted by molar-refractivity contribution is 6.28. The third kappa shape index (κ3) is 2.28. The quantitative estimate of drug-likeness (QED) is 0.629. The molecule has 0 radical (unpaired) electrons. The highest BCUT2D eigenvalue weighted by Crippen LogP contribution is 2.40. The van der Waals surface area contributed by atoms with E-state index in [-0.39, 0.29) is 11.3 Å². The first kappa shape index (κ1) is 13.4. The van der Waals surface area contributed by atoms with Gasteiger partial charge in [0.1, 0.15) is 0 Å². The van der Waals surface area contributed by atoms with Crippen molar-refractivity contribution in [1.82, 2.24) is 9.97 Å². The maximum atomic E-state index is 12.1. The van der Waals surface area contributed by atoms with Gasteiger partial charge in [0, 0.05) is 6.04 Å². The van der Waals surface area contributed by atoms with Gasteiger partial charge in [0.2, 0.25) is 5.28 Å². The first-order valence-corrected chi connectivity index (χ1v) is 7.22. The van der Waals surface area contributed by atoms with E-state index in [1.54, 1.807) is 6.92 Å². The van der Waals surface area contributed by atoms with E-state index in [2.05, 4.69) is 9.97 Å². The lowest BCUT2D eigenvalue weighted by Gasteiger charge is -2.28. The fraction of sp³-hybridized carbons (Fsp3) is 0.615. The average Bonchev–Trinajstić information content (AvgIpc) is 3.04. The monoisotopic (exact) mass is 297 g/mol. The van der Waals surface area contributed by atoms with Crippen LogP contribution in [0.4, 0.5) is 5.82 Å². The van der Waals surface area contributed by atoms with E-state index in [9.17, 15) is 4.79 Å². The van der Waals surface area contributed by atoms with E-state index in [0.717, 1.165) is 25.7 Å². The van der Waals surface area contributed by atoms with Gasteiger partial charge < -0.3 is 14.4 Å². The molecule has 3 rings (SSSR count). The van der Waals surface area contributed by atoms with E-state index in [4.69, 9.17) is 21.1 Å². The molecule has 20 heavy (non-hydrogen) atoms. The number of nitrogens with zero attached hydrogens (tertiary/aromatic N) is 3. The van der Waals surface area contributed by atoms with Crippen LogP contribution in [0, 0.1) is 0 Å². The molecule has 108 valence electrons. The van der Waals surface area contributed by atoms with Crippen LogP contribution in [0.5, 0.6) is 5.75 Å². The Kier molecular flexibility index (Phi) is 3.65. The van der Waals surface area contributed by atoms with E-state index >= 15 is 0 Å². The van der Waals surface area contributed by atoms with Crippen molar-refractivity contribution >= 4 is 23.4 Å². The van der Waals surface area contributed by atoms with Gasteiger partial charge in [-0.25, -0.2) is 9.78 Å². The lowest BCUT2D eigenvalue weighted by atomic mass is 10.2. The van der Waals surface area contributed by atoms with E-state index in [1.165, 1.54) is 6.20 Å². The second-order valence-electron chi connectivity index (χ2n) is 4.89. The molecule has 1 saturated carbocycles. The van der Waals surface area contributed by atoms with E-state index in [1.807, 2.05) is 4.90 Å². The zero-order valence-corrected chi connectivity index (χ0v) is 12.0. The van der Waals surface area contributed by atoms with Crippen LogP contribution in [0.15, 0.2) is 6.20 Å². The smallest absolute Gasteiger partial charge is 0.369 e. The number of hydrogen-bond donors (Lipinski definition) is 0. The summed E-state index contributed by atoms with van der Waals surface area (Å²) in [5.74, 6) is 0.683. The van der Waals surface area contributed by atoms with Crippen molar-refractivity contribution < 1.29 is 14.3 Å². The van der Waals surface area contributed by atoms with Gasteiger partial charge in [0.25, 0.3) is 6.23 Å². The lowest BCUT2D eigenvalue weighted by Crippen LogP contribution is -2.47. The Hall–Kier alpha value is -1.56. The van der Waals surface area contributed by atoms with Crippen LogP contribution in [0.3, 0.4) is 0 Å². The van der Waals surface area contributed by atoms with Crippen LogP contribution in [0.1, 0.15) is 32.6 Å². The Bertz CT molecular complexity index is 520. The summed E-state index contributed by atoms with van der Waals surface area (Å²) >= 11 is 5.86. The largest absolute Gasteiger partial charge is 0.462 e. The summed E-state index contributed by atoms with van der Waals surface area (Å²) in [6, 6.07) is 0.233. The molecule has 7 heteroatoms. The summed E-state index contributed by atoms with van der Waals surface area (Å²) in [6.45, 7) is 2.09. The minimum atomic E-state index is -0.777. The van der Waals surface area contributed by atoms with Gasteiger partial charge in [-0.05, 0) is 31.4 Å². The Morgan fingerprint density at radius 2 is 2.30 bits per heavy atom. The van der Waals surface area contributed by atoms with Gasteiger partial charge in [-0.15, -0.1) is 0 Å². The van der Waals surface area contributed by atoms with Crippen molar-refractivity contribution in [1.29, 1.82) is 0 Å². The van der Waals surface area contributed by atoms with Crippen LogP contribution >= 0.6 is 11.6 Å². The molecule has 6 nitrogen and oxygen atoms in total. The molecule has 1 aromatic heterocycles. The first-order chi connectivity index (χ1) is 9.70. The molecule has 1 unspecified atom stereocenters. The standard InChI is InChI=1S/C13H16ClN3O3/c1-2-19-12(18)11-17(8-5-3-4-6-8)10-9(20-11)7-15-13(14)16-10/h7-8,11H,2-6H2,1H3. The number of halogens is 1. The molecule has 2 heterocycles. The lowest BCUT2D eigenvalue weighted by molar-refractivity contribution is -0.150. The van der Waals surface area contributed by atoms with Crippen molar-refractivity contribution in [3.8, 4) is 5.75 Å². The third-order valence-corrected chi connectivity index (χ3v) is 3.83. The summed E-state index contributed by atoms with van der Waals surface area (Å²) in [7, 11) is 0. The SMILES string of the molecule is CCOC(=O)C1Oc2cnc(Cl)nc2N1C1CCCC1. The molecule has 0 aromatic carbocycles. The molecule has 0 spiro atoms. The number of ether oxygens (including phenoxy) is 2. The van der Waals surface area contributed by atoms with Gasteiger partial charge >= 0.3 is 5.97 Å². The highest BCUT2D eigenvalue weighted by atomic mass is 35.5. The number of rotatable bonds is 3. The van der Waals surface area contributed by atoms with Crippen LogP contribution in [0.2, 0.25) is 5.28 Å². The minimum Gasteiger partial charge on any atom is -0.462 e. The molecule has 0 saturated heterocycles. The summed E-state index contributed by atoms with van der Waals surface area (Å²) < 4.78 is 10.8. The summed E-state index contributed by atoms with van der Waals surface area (Å²) in [5.41, 5.74) is 0. The van der Waals surface area contributed by atoms with Crippen LogP contribution in [-0.4, -0.2) is 34.8 Å². The number of esters is 1. The Morgan fingerprint density at radius 3 is 3.00 bits per heavy atom. The van der Waals surface area contributed by atoms with Crippen LogP contribution in [-0.2, 0) is 9.53 Å². The molecule has 1 aliphatic heterocycles. The molecule has 1 fully saturated rings. The molecule has 0 N–H and O–H groups in total. The van der Waals surface area contributed by atoms with Gasteiger partial charge in [-0.3, -0.25) is 0 Å². The van der Waals surface area contributed by atoms with Crippen molar-refractivity contribution in [2.24, 2.45) is 0 Å². The average molecular weight is 298 g/mol. The maximum Gasteiger partial charge on any atom is 0.369 e. The second-order valence-corrected chi connectivity index (χ2v) is 5.23. The number of fused-ring (bicyclic) bond motifs is 1. The third-order valence-electron chi connectivity index (χ3n) is 3.65. The molecule has 0 bridgehead atoms. The highest BCUT2D eigenvalue weighted by Gasteiger charge is 2.43. The predicted octanol–water partition coefficient (Wildman–Crippen LogP) is 2.16. The molecule has 1 aromatic rings. The zero-order chi connectivity index (χ0) is 14.1. The van der Waals surface area contributed by atoms with Crippen molar-refractivity contribution in [2.75, 3.05) is 11.5 Å². The number of anilines is 1. The summed E-state index contributed by atoms with van der Waals surface area (Å²) in [6.07, 6.45) is 5.04. The van der Waals surface area contributed by atoms with Gasteiger partial charge in [0.15, 0.2) is 11.6 Å². The molecule has 1 aliphatic carbocycles. The number of carbonyl (C=O) groups excluding carboxylic acids is 1. The second kappa shape index (κ2) is 5.44. The van der Waals surface area contributed by atoms with Gasteiger partial charge in [-0.1, -0.05) is 12.8 Å². The fourth-order valence-electron chi connectivity index (χ4n) is 2.82. The maximum absolute atomic E-state index is 12.1. The molecule has 0 amide bonds. The molecular weight excluding hydrogens is 282 g/mol. The number of aromatic nitrogens is 2. The number of carbonyl (C=O) groups is 1. The predicted molar refractivity (Wildman–Crippen MR) is 72.8 cm³/mol. The number of hydrogen-bond acceptors (Lipinski definition) is 6. The first-order valence-electron chi connectivity index (χ1n) is 6.85. The normalized spacial score (nSPS) is 21.7. The molecule has 1 atom stereocenters. The molecule has 2 aliphatic rings. The Morgan fingerprint density at radius 1 is 1.55 bits per heavy atom. The van der Waals surface area contributed by atoms with Crippen LogP contribution < -0.4 is 9.64 Å².